The molecule has 1 saturated heterocycles. The van der Waals surface area contributed by atoms with Crippen LogP contribution in [0, 0.1) is 5.41 Å². The van der Waals surface area contributed by atoms with Crippen molar-refractivity contribution in [1.29, 1.82) is 0 Å². The van der Waals surface area contributed by atoms with Crippen molar-refractivity contribution in [3.63, 3.8) is 0 Å². The van der Waals surface area contributed by atoms with Crippen LogP contribution in [0.1, 0.15) is 31.4 Å². The zero-order chi connectivity index (χ0) is 15.4. The van der Waals surface area contributed by atoms with Gasteiger partial charge < -0.3 is 20.6 Å². The quantitative estimate of drug-likeness (QED) is 0.708. The number of anilines is 1. The minimum absolute atomic E-state index is 0.0448. The van der Waals surface area contributed by atoms with Crippen LogP contribution >= 0.6 is 11.3 Å². The largest absolute Gasteiger partial charge is 0.396 e. The van der Waals surface area contributed by atoms with Gasteiger partial charge in [0.05, 0.1) is 12.3 Å². The number of rotatable bonds is 7. The van der Waals surface area contributed by atoms with E-state index in [1.807, 2.05) is 0 Å². The van der Waals surface area contributed by atoms with Gasteiger partial charge in [0.2, 0.25) is 0 Å². The number of thiazole rings is 1. The Hall–Kier alpha value is -1.34. The molecule has 0 atom stereocenters. The fourth-order valence-corrected chi connectivity index (χ4v) is 3.58. The molecule has 122 valence electrons. The van der Waals surface area contributed by atoms with Crippen molar-refractivity contribution in [3.8, 4) is 0 Å². The Morgan fingerprint density at radius 3 is 2.82 bits per heavy atom. The van der Waals surface area contributed by atoms with Crippen LogP contribution in [-0.4, -0.2) is 48.9 Å². The molecule has 0 radical (unpaired) electrons. The predicted molar refractivity (Wildman–Crippen MR) is 87.4 cm³/mol. The molecule has 0 bridgehead atoms. The number of nitrogens with zero attached hydrogens (tertiary/aromatic N) is 2. The van der Waals surface area contributed by atoms with Crippen LogP contribution in [-0.2, 0) is 6.42 Å². The average molecular weight is 324 g/mol. The number of urea groups is 1. The molecule has 1 aliphatic carbocycles. The summed E-state index contributed by atoms with van der Waals surface area (Å²) >= 11 is 1.69. The van der Waals surface area contributed by atoms with Gasteiger partial charge in [0.25, 0.3) is 0 Å². The van der Waals surface area contributed by atoms with Crippen molar-refractivity contribution in [1.82, 2.24) is 15.6 Å². The van der Waals surface area contributed by atoms with Crippen molar-refractivity contribution in [2.75, 3.05) is 37.7 Å². The molecule has 0 aromatic carbocycles. The SMILES string of the molecule is O=C(NCCc1csc(N2CCCC2)n1)NCC1(CO)CC1. The van der Waals surface area contributed by atoms with E-state index in [0.717, 1.165) is 43.2 Å². The van der Waals surface area contributed by atoms with Gasteiger partial charge in [-0.25, -0.2) is 9.78 Å². The van der Waals surface area contributed by atoms with Crippen LogP contribution in [0.4, 0.5) is 9.93 Å². The van der Waals surface area contributed by atoms with E-state index in [9.17, 15) is 9.90 Å². The lowest BCUT2D eigenvalue weighted by molar-refractivity contribution is 0.203. The van der Waals surface area contributed by atoms with Crippen molar-refractivity contribution >= 4 is 22.5 Å². The molecule has 0 unspecified atom stereocenters. The lowest BCUT2D eigenvalue weighted by Gasteiger charge is -2.13. The van der Waals surface area contributed by atoms with Crippen molar-refractivity contribution in [2.24, 2.45) is 5.41 Å². The summed E-state index contributed by atoms with van der Waals surface area (Å²) in [6, 6.07) is -0.158. The lowest BCUT2D eigenvalue weighted by atomic mass is 10.1. The molecule has 1 aliphatic heterocycles. The van der Waals surface area contributed by atoms with Gasteiger partial charge in [-0.2, -0.15) is 0 Å². The third-order valence-corrected chi connectivity index (χ3v) is 5.45. The van der Waals surface area contributed by atoms with Gasteiger partial charge in [0, 0.05) is 43.4 Å². The number of carbonyl (C=O) groups is 1. The maximum Gasteiger partial charge on any atom is 0.314 e. The van der Waals surface area contributed by atoms with Gasteiger partial charge >= 0.3 is 6.03 Å². The first-order valence-corrected chi connectivity index (χ1v) is 8.91. The summed E-state index contributed by atoms with van der Waals surface area (Å²) in [6.07, 6.45) is 5.27. The third-order valence-electron chi connectivity index (χ3n) is 4.50. The van der Waals surface area contributed by atoms with Crippen molar-refractivity contribution in [2.45, 2.75) is 32.1 Å². The average Bonchev–Trinajstić information content (AvgIpc) is 2.93. The Morgan fingerprint density at radius 1 is 1.36 bits per heavy atom. The second-order valence-electron chi connectivity index (χ2n) is 6.33. The molecule has 2 amide bonds. The molecular weight excluding hydrogens is 300 g/mol. The fourth-order valence-electron chi connectivity index (χ4n) is 2.67. The van der Waals surface area contributed by atoms with Gasteiger partial charge in [-0.1, -0.05) is 0 Å². The van der Waals surface area contributed by atoms with Gasteiger partial charge in [0.1, 0.15) is 0 Å². The molecular formula is C15H24N4O2S. The summed E-state index contributed by atoms with van der Waals surface area (Å²) in [6.45, 7) is 3.53. The molecule has 3 rings (SSSR count). The molecule has 1 aromatic heterocycles. The first kappa shape index (κ1) is 15.6. The highest BCUT2D eigenvalue weighted by Gasteiger charge is 2.42. The van der Waals surface area contributed by atoms with Crippen LogP contribution in [0.5, 0.6) is 0 Å². The Morgan fingerprint density at radius 2 is 2.14 bits per heavy atom. The maximum absolute atomic E-state index is 11.7. The first-order chi connectivity index (χ1) is 10.7. The predicted octanol–water partition coefficient (Wildman–Crippen LogP) is 1.36. The highest BCUT2D eigenvalue weighted by molar-refractivity contribution is 7.13. The van der Waals surface area contributed by atoms with Crippen LogP contribution < -0.4 is 15.5 Å². The Labute approximate surface area is 134 Å². The summed E-state index contributed by atoms with van der Waals surface area (Å²) < 4.78 is 0. The smallest absolute Gasteiger partial charge is 0.314 e. The number of hydrogen-bond donors (Lipinski definition) is 3. The minimum Gasteiger partial charge on any atom is -0.396 e. The van der Waals surface area contributed by atoms with E-state index < -0.39 is 0 Å². The van der Waals surface area contributed by atoms with E-state index in [1.54, 1.807) is 11.3 Å². The molecule has 1 aromatic rings. The van der Waals surface area contributed by atoms with E-state index in [4.69, 9.17) is 0 Å². The van der Waals surface area contributed by atoms with E-state index in [2.05, 4.69) is 25.9 Å². The van der Waals surface area contributed by atoms with Crippen LogP contribution in [0.25, 0.3) is 0 Å². The molecule has 2 fully saturated rings. The number of aliphatic hydroxyl groups excluding tert-OH is 1. The van der Waals surface area contributed by atoms with Crippen LogP contribution in [0.3, 0.4) is 0 Å². The highest BCUT2D eigenvalue weighted by Crippen LogP contribution is 2.44. The summed E-state index contributed by atoms with van der Waals surface area (Å²) in [7, 11) is 0. The molecule has 2 aliphatic rings. The van der Waals surface area contributed by atoms with Gasteiger partial charge in [-0.05, 0) is 25.7 Å². The molecule has 22 heavy (non-hydrogen) atoms. The lowest BCUT2D eigenvalue weighted by Crippen LogP contribution is -2.40. The van der Waals surface area contributed by atoms with Crippen LogP contribution in [0.15, 0.2) is 5.38 Å². The standard InChI is InChI=1S/C15H24N4O2S/c20-11-15(4-5-15)10-17-13(21)16-6-3-12-9-22-14(18-12)19-7-1-2-8-19/h9,20H,1-8,10-11H2,(H2,16,17,21). The van der Waals surface area contributed by atoms with Gasteiger partial charge in [-0.3, -0.25) is 0 Å². The normalized spacial score (nSPS) is 19.2. The summed E-state index contributed by atoms with van der Waals surface area (Å²) in [5.41, 5.74) is 0.998. The number of aliphatic hydroxyl groups is 1. The minimum atomic E-state index is -0.158. The monoisotopic (exact) mass is 324 g/mol. The first-order valence-electron chi connectivity index (χ1n) is 8.03. The highest BCUT2D eigenvalue weighted by atomic mass is 32.1. The molecule has 0 spiro atoms. The zero-order valence-corrected chi connectivity index (χ0v) is 13.6. The van der Waals surface area contributed by atoms with E-state index in [0.29, 0.717) is 13.1 Å². The Bertz CT molecular complexity index is 509. The second-order valence-corrected chi connectivity index (χ2v) is 7.17. The summed E-state index contributed by atoms with van der Waals surface area (Å²) in [5.74, 6) is 0. The van der Waals surface area contributed by atoms with Crippen molar-refractivity contribution < 1.29 is 9.90 Å². The number of nitrogens with one attached hydrogen (secondary N) is 2. The van der Waals surface area contributed by atoms with E-state index in [1.165, 1.54) is 12.8 Å². The van der Waals surface area contributed by atoms with E-state index >= 15 is 0 Å². The topological polar surface area (TPSA) is 77.5 Å². The Kier molecular flexibility index (Phi) is 4.83. The molecule has 7 heteroatoms. The summed E-state index contributed by atoms with van der Waals surface area (Å²) in [5, 5.41) is 18.1. The number of amides is 2. The van der Waals surface area contributed by atoms with E-state index in [-0.39, 0.29) is 18.1 Å². The van der Waals surface area contributed by atoms with Crippen molar-refractivity contribution in [3.05, 3.63) is 11.1 Å². The zero-order valence-electron chi connectivity index (χ0n) is 12.8. The maximum atomic E-state index is 11.7. The molecule has 6 nitrogen and oxygen atoms in total. The summed E-state index contributed by atoms with van der Waals surface area (Å²) in [4.78, 5) is 18.7. The molecule has 2 heterocycles. The van der Waals surface area contributed by atoms with Gasteiger partial charge in [-0.15, -0.1) is 11.3 Å². The molecule has 3 N–H and O–H groups in total. The second kappa shape index (κ2) is 6.83. The number of carbonyl (C=O) groups excluding carboxylic acids is 1. The van der Waals surface area contributed by atoms with Gasteiger partial charge in [0.15, 0.2) is 5.13 Å². The van der Waals surface area contributed by atoms with Crippen LogP contribution in [0.2, 0.25) is 0 Å². The molecule has 1 saturated carbocycles. The number of hydrogen-bond acceptors (Lipinski definition) is 5. The Balaban J connectivity index is 1.35. The third kappa shape index (κ3) is 3.89. The fraction of sp³-hybridized carbons (Fsp3) is 0.733. The number of aromatic nitrogens is 1.